The Balaban J connectivity index is 1.63. The quantitative estimate of drug-likeness (QED) is 0.441. The van der Waals surface area contributed by atoms with E-state index in [1.807, 2.05) is 0 Å². The van der Waals surface area contributed by atoms with Crippen molar-refractivity contribution in [2.45, 2.75) is 6.61 Å². The molecule has 0 aliphatic rings. The van der Waals surface area contributed by atoms with Gasteiger partial charge < -0.3 is 18.6 Å². The van der Waals surface area contributed by atoms with Crippen molar-refractivity contribution in [3.8, 4) is 28.4 Å². The second kappa shape index (κ2) is 8.29. The monoisotopic (exact) mass is 406 g/mol. The highest BCUT2D eigenvalue weighted by atomic mass is 19.1. The summed E-state index contributed by atoms with van der Waals surface area (Å²) in [6.45, 7) is 0.278. The van der Waals surface area contributed by atoms with Gasteiger partial charge in [0.2, 0.25) is 0 Å². The molecular formula is C24H19FO5. The van der Waals surface area contributed by atoms with Crippen LogP contribution in [0, 0.1) is 5.82 Å². The topological polar surface area (TPSA) is 57.9 Å². The summed E-state index contributed by atoms with van der Waals surface area (Å²) < 4.78 is 35.0. The van der Waals surface area contributed by atoms with Crippen LogP contribution in [-0.2, 0) is 6.61 Å². The third kappa shape index (κ3) is 3.85. The van der Waals surface area contributed by atoms with Gasteiger partial charge in [0.1, 0.15) is 30.0 Å². The lowest BCUT2D eigenvalue weighted by Gasteiger charge is -2.10. The van der Waals surface area contributed by atoms with Gasteiger partial charge >= 0.3 is 0 Å². The first-order valence-electron chi connectivity index (χ1n) is 9.24. The van der Waals surface area contributed by atoms with Crippen molar-refractivity contribution < 1.29 is 23.0 Å². The number of fused-ring (bicyclic) bond motifs is 1. The van der Waals surface area contributed by atoms with Gasteiger partial charge in [-0.3, -0.25) is 4.79 Å². The molecule has 0 N–H and O–H groups in total. The molecule has 3 aromatic carbocycles. The maximum atomic E-state index is 13.0. The van der Waals surface area contributed by atoms with Gasteiger partial charge in [0.05, 0.1) is 25.2 Å². The second-order valence-corrected chi connectivity index (χ2v) is 6.62. The smallest absolute Gasteiger partial charge is 0.200 e. The van der Waals surface area contributed by atoms with E-state index in [4.69, 9.17) is 18.6 Å². The Kier molecular flexibility index (Phi) is 5.39. The van der Waals surface area contributed by atoms with Crippen LogP contribution in [0.3, 0.4) is 0 Å². The Hall–Kier alpha value is -3.80. The summed E-state index contributed by atoms with van der Waals surface area (Å²) in [5.41, 5.74) is 2.18. The van der Waals surface area contributed by atoms with Crippen molar-refractivity contribution in [3.63, 3.8) is 0 Å². The number of hydrogen-bond donors (Lipinski definition) is 0. The third-order valence-corrected chi connectivity index (χ3v) is 4.76. The molecule has 0 fully saturated rings. The molecule has 0 saturated heterocycles. The highest BCUT2D eigenvalue weighted by molar-refractivity contribution is 5.83. The molecule has 0 bridgehead atoms. The standard InChI is InChI=1S/C24H19FO5/c1-27-21-10-5-16(11-23(21)28-2)20-14-30-22-12-18(8-9-19(22)24(20)26)29-13-15-3-6-17(25)7-4-15/h3-12,14H,13H2,1-2H3. The first kappa shape index (κ1) is 19.5. The number of rotatable bonds is 6. The molecule has 0 atom stereocenters. The first-order chi connectivity index (χ1) is 14.6. The van der Waals surface area contributed by atoms with Crippen LogP contribution in [-0.4, -0.2) is 14.2 Å². The lowest BCUT2D eigenvalue weighted by molar-refractivity contribution is 0.306. The van der Waals surface area contributed by atoms with Gasteiger partial charge in [-0.05, 0) is 47.5 Å². The van der Waals surface area contributed by atoms with Gasteiger partial charge in [-0.2, -0.15) is 0 Å². The number of ether oxygens (including phenoxy) is 3. The molecule has 0 saturated carbocycles. The predicted octanol–water partition coefficient (Wildman–Crippen LogP) is 5.20. The van der Waals surface area contributed by atoms with E-state index in [1.54, 1.807) is 55.6 Å². The van der Waals surface area contributed by atoms with E-state index >= 15 is 0 Å². The fourth-order valence-electron chi connectivity index (χ4n) is 3.15. The number of halogens is 1. The van der Waals surface area contributed by atoms with E-state index < -0.39 is 0 Å². The van der Waals surface area contributed by atoms with Gasteiger partial charge in [-0.25, -0.2) is 4.39 Å². The molecule has 0 spiro atoms. The molecule has 0 aliphatic heterocycles. The zero-order valence-electron chi connectivity index (χ0n) is 16.5. The van der Waals surface area contributed by atoms with E-state index in [0.29, 0.717) is 39.3 Å². The Labute approximate surface area is 172 Å². The third-order valence-electron chi connectivity index (χ3n) is 4.76. The maximum absolute atomic E-state index is 13.0. The minimum Gasteiger partial charge on any atom is -0.493 e. The van der Waals surface area contributed by atoms with Crippen molar-refractivity contribution in [2.24, 2.45) is 0 Å². The zero-order valence-corrected chi connectivity index (χ0v) is 16.5. The van der Waals surface area contributed by atoms with Crippen molar-refractivity contribution in [3.05, 3.63) is 88.5 Å². The molecule has 1 aromatic heterocycles. The highest BCUT2D eigenvalue weighted by Crippen LogP contribution is 2.32. The Morgan fingerprint density at radius 3 is 2.40 bits per heavy atom. The summed E-state index contributed by atoms with van der Waals surface area (Å²) in [5.74, 6) is 1.36. The van der Waals surface area contributed by atoms with Crippen LogP contribution in [0.15, 0.2) is 76.1 Å². The fourth-order valence-corrected chi connectivity index (χ4v) is 3.15. The van der Waals surface area contributed by atoms with Crippen LogP contribution in [0.4, 0.5) is 4.39 Å². The van der Waals surface area contributed by atoms with Crippen LogP contribution in [0.25, 0.3) is 22.1 Å². The second-order valence-electron chi connectivity index (χ2n) is 6.62. The SMILES string of the molecule is COc1ccc(-c2coc3cc(OCc4ccc(F)cc4)ccc3c2=O)cc1OC. The number of benzene rings is 3. The molecule has 152 valence electrons. The maximum Gasteiger partial charge on any atom is 0.200 e. The summed E-state index contributed by atoms with van der Waals surface area (Å²) in [6, 6.07) is 16.4. The van der Waals surface area contributed by atoms with Crippen LogP contribution < -0.4 is 19.6 Å². The number of methoxy groups -OCH3 is 2. The molecule has 0 radical (unpaired) electrons. The number of hydrogen-bond acceptors (Lipinski definition) is 5. The Morgan fingerprint density at radius 2 is 1.67 bits per heavy atom. The van der Waals surface area contributed by atoms with Crippen molar-refractivity contribution >= 4 is 11.0 Å². The largest absolute Gasteiger partial charge is 0.493 e. The van der Waals surface area contributed by atoms with Gasteiger partial charge in [0.25, 0.3) is 0 Å². The first-order valence-corrected chi connectivity index (χ1v) is 9.24. The van der Waals surface area contributed by atoms with Crippen LogP contribution in [0.2, 0.25) is 0 Å². The van der Waals surface area contributed by atoms with E-state index in [2.05, 4.69) is 0 Å². The van der Waals surface area contributed by atoms with Crippen LogP contribution >= 0.6 is 0 Å². The van der Waals surface area contributed by atoms with Crippen LogP contribution in [0.1, 0.15) is 5.56 Å². The van der Waals surface area contributed by atoms with Crippen molar-refractivity contribution in [1.82, 2.24) is 0 Å². The zero-order chi connectivity index (χ0) is 21.1. The van der Waals surface area contributed by atoms with E-state index in [-0.39, 0.29) is 17.9 Å². The van der Waals surface area contributed by atoms with E-state index in [9.17, 15) is 9.18 Å². The summed E-state index contributed by atoms with van der Waals surface area (Å²) in [5, 5.41) is 0.441. The minimum absolute atomic E-state index is 0.159. The summed E-state index contributed by atoms with van der Waals surface area (Å²) in [7, 11) is 3.09. The Morgan fingerprint density at radius 1 is 0.900 bits per heavy atom. The van der Waals surface area contributed by atoms with Gasteiger partial charge in [0.15, 0.2) is 16.9 Å². The van der Waals surface area contributed by atoms with Gasteiger partial charge in [0, 0.05) is 6.07 Å². The molecule has 4 aromatic rings. The summed E-state index contributed by atoms with van der Waals surface area (Å²) in [6.07, 6.45) is 1.43. The Bertz CT molecular complexity index is 1240. The van der Waals surface area contributed by atoms with E-state index in [0.717, 1.165) is 5.56 Å². The molecule has 1 heterocycles. The summed E-state index contributed by atoms with van der Waals surface area (Å²) in [4.78, 5) is 13.0. The lowest BCUT2D eigenvalue weighted by Crippen LogP contribution is -2.05. The average Bonchev–Trinajstić information content (AvgIpc) is 2.78. The molecular weight excluding hydrogens is 387 g/mol. The van der Waals surface area contributed by atoms with E-state index in [1.165, 1.54) is 25.5 Å². The molecule has 6 heteroatoms. The lowest BCUT2D eigenvalue weighted by atomic mass is 10.0. The minimum atomic E-state index is -0.295. The molecule has 0 aliphatic carbocycles. The molecule has 30 heavy (non-hydrogen) atoms. The van der Waals surface area contributed by atoms with Gasteiger partial charge in [-0.15, -0.1) is 0 Å². The highest BCUT2D eigenvalue weighted by Gasteiger charge is 2.13. The normalized spacial score (nSPS) is 10.8. The molecule has 4 rings (SSSR count). The molecule has 0 unspecified atom stereocenters. The van der Waals surface area contributed by atoms with Crippen LogP contribution in [0.5, 0.6) is 17.2 Å². The van der Waals surface area contributed by atoms with Crippen molar-refractivity contribution in [2.75, 3.05) is 14.2 Å². The molecule has 5 nitrogen and oxygen atoms in total. The van der Waals surface area contributed by atoms with Gasteiger partial charge in [-0.1, -0.05) is 18.2 Å². The molecule has 0 amide bonds. The predicted molar refractivity (Wildman–Crippen MR) is 112 cm³/mol. The van der Waals surface area contributed by atoms with Crippen molar-refractivity contribution in [1.29, 1.82) is 0 Å². The summed E-state index contributed by atoms with van der Waals surface area (Å²) >= 11 is 0. The fraction of sp³-hybridized carbons (Fsp3) is 0.125. The average molecular weight is 406 g/mol.